The highest BCUT2D eigenvalue weighted by Crippen LogP contribution is 2.19. The molecule has 0 fully saturated rings. The lowest BCUT2D eigenvalue weighted by molar-refractivity contribution is 0.0941. The van der Waals surface area contributed by atoms with Crippen molar-refractivity contribution in [3.05, 3.63) is 117 Å². The minimum Gasteiger partial charge on any atom is -0.483 e. The molecule has 0 atom stereocenters. The molecule has 1 N–H and O–H groups in total. The fourth-order valence-electron chi connectivity index (χ4n) is 3.15. The lowest BCUT2D eigenvalue weighted by Crippen LogP contribution is -2.32. The van der Waals surface area contributed by atoms with Crippen LogP contribution in [-0.2, 0) is 19.7 Å². The van der Waals surface area contributed by atoms with Gasteiger partial charge in [-0.15, -0.1) is 11.5 Å². The van der Waals surface area contributed by atoms with E-state index in [2.05, 4.69) is 17.1 Å². The van der Waals surface area contributed by atoms with E-state index >= 15 is 0 Å². The Bertz CT molecular complexity index is 1310. The summed E-state index contributed by atoms with van der Waals surface area (Å²) in [5.74, 6) is -4.33. The monoisotopic (exact) mass is 467 g/mol. The molecule has 1 aromatic heterocycles. The number of nitrogens with zero attached hydrogens (tertiary/aromatic N) is 2. The first kappa shape index (κ1) is 24.2. The number of benzene rings is 2. The first-order chi connectivity index (χ1) is 16.3. The Hall–Kier alpha value is -4.47. The summed E-state index contributed by atoms with van der Waals surface area (Å²) < 4.78 is 33.7. The number of carbonyl (C=O) groups is 2. The quantitative estimate of drug-likeness (QED) is 0.381. The van der Waals surface area contributed by atoms with Crippen LogP contribution in [0.15, 0.2) is 77.4 Å². The molecular weight excluding hydrogens is 448 g/mol. The molecule has 0 saturated heterocycles. The molecule has 0 spiro atoms. The smallest absolute Gasteiger partial charge is 0.337 e. The number of rotatable bonds is 9. The number of halogens is 2. The summed E-state index contributed by atoms with van der Waals surface area (Å²) in [6, 6.07) is 11.6. The van der Waals surface area contributed by atoms with Gasteiger partial charge in [-0.25, -0.2) is 8.78 Å². The molecule has 34 heavy (non-hydrogen) atoms. The molecule has 0 bridgehead atoms. The number of amides is 2. The molecule has 10 heteroatoms. The van der Waals surface area contributed by atoms with E-state index < -0.39 is 45.9 Å². The van der Waals surface area contributed by atoms with E-state index in [-0.39, 0.29) is 25.3 Å². The predicted octanol–water partition coefficient (Wildman–Crippen LogP) is 3.73. The largest absolute Gasteiger partial charge is 0.483 e. The summed E-state index contributed by atoms with van der Waals surface area (Å²) in [5, 5.41) is 4.77. The highest BCUT2D eigenvalue weighted by Gasteiger charge is 2.26. The third-order valence-corrected chi connectivity index (χ3v) is 4.77. The molecule has 0 aliphatic rings. The summed E-state index contributed by atoms with van der Waals surface area (Å²) in [7, 11) is 0. The van der Waals surface area contributed by atoms with Gasteiger partial charge >= 0.3 is 5.91 Å². The third-order valence-electron chi connectivity index (χ3n) is 4.77. The number of hydrogen-bond acceptors (Lipinski definition) is 5. The van der Waals surface area contributed by atoms with E-state index in [9.17, 15) is 28.1 Å². The molecule has 2 aromatic carbocycles. The van der Waals surface area contributed by atoms with Crippen LogP contribution in [-0.4, -0.2) is 16.4 Å². The van der Waals surface area contributed by atoms with Crippen molar-refractivity contribution < 1.29 is 23.1 Å². The summed E-state index contributed by atoms with van der Waals surface area (Å²) in [4.78, 5) is 49.1. The highest BCUT2D eigenvalue weighted by atomic mass is 19.1. The molecule has 0 unspecified atom stereocenters. The predicted molar refractivity (Wildman–Crippen MR) is 119 cm³/mol. The lowest BCUT2D eigenvalue weighted by atomic mass is 10.1. The third kappa shape index (κ3) is 5.47. The van der Waals surface area contributed by atoms with Crippen LogP contribution in [0.25, 0.3) is 0 Å². The number of nitrogens with one attached hydrogen (secondary N) is 1. The summed E-state index contributed by atoms with van der Waals surface area (Å²) in [5.41, 5.74) is -1.15. The number of nitroso groups, excluding NO2 is 1. The van der Waals surface area contributed by atoms with Crippen molar-refractivity contribution in [3.8, 4) is 5.75 Å². The average molecular weight is 467 g/mol. The molecular formula is C24H19F2N3O5. The van der Waals surface area contributed by atoms with Crippen LogP contribution < -0.4 is 15.5 Å². The van der Waals surface area contributed by atoms with Gasteiger partial charge in [0.15, 0.2) is 11.4 Å². The van der Waals surface area contributed by atoms with E-state index in [4.69, 9.17) is 4.74 Å². The Labute approximate surface area is 192 Å². The number of ether oxygens (including phenoxy) is 1. The first-order valence-electron chi connectivity index (χ1n) is 10.0. The second-order valence-corrected chi connectivity index (χ2v) is 7.08. The SMILES string of the molecule is C=CCn1cc(C(=O)NCc2ccc(F)cc2F)c(=O)c(OCc2ccccc2)c1C(=O)N=O. The van der Waals surface area contributed by atoms with E-state index in [0.29, 0.717) is 11.6 Å². The van der Waals surface area contributed by atoms with Crippen LogP contribution in [0.5, 0.6) is 5.75 Å². The number of pyridine rings is 1. The van der Waals surface area contributed by atoms with Gasteiger partial charge in [-0.2, -0.15) is 0 Å². The van der Waals surface area contributed by atoms with E-state index in [1.807, 2.05) is 0 Å². The van der Waals surface area contributed by atoms with E-state index in [0.717, 1.165) is 22.9 Å². The van der Waals surface area contributed by atoms with Gasteiger partial charge < -0.3 is 14.6 Å². The van der Waals surface area contributed by atoms with Crippen LogP contribution in [0.2, 0.25) is 0 Å². The van der Waals surface area contributed by atoms with Gasteiger partial charge in [0.1, 0.15) is 23.8 Å². The molecule has 8 nitrogen and oxygen atoms in total. The van der Waals surface area contributed by atoms with Gasteiger partial charge in [0.05, 0.1) is 0 Å². The summed E-state index contributed by atoms with van der Waals surface area (Å²) >= 11 is 0. The Morgan fingerprint density at radius 3 is 2.53 bits per heavy atom. The van der Waals surface area contributed by atoms with Gasteiger partial charge in [-0.3, -0.25) is 14.4 Å². The number of allylic oxidation sites excluding steroid dienone is 1. The zero-order valence-corrected chi connectivity index (χ0v) is 17.8. The number of hydrogen-bond donors (Lipinski definition) is 1. The standard InChI is InChI=1S/C24H19F2N3O5/c1-2-10-29-13-18(23(31)27-12-16-8-9-17(25)11-19(16)26)21(30)22(20(29)24(32)28-33)34-14-15-6-4-3-5-7-15/h2-9,11,13H,1,10,12,14H2,(H,27,31). The molecule has 2 amide bonds. The van der Waals surface area contributed by atoms with E-state index in [1.54, 1.807) is 30.3 Å². The number of aromatic nitrogens is 1. The van der Waals surface area contributed by atoms with Crippen molar-refractivity contribution in [3.63, 3.8) is 0 Å². The maximum Gasteiger partial charge on any atom is 0.337 e. The molecule has 0 radical (unpaired) electrons. The van der Waals surface area contributed by atoms with Gasteiger partial charge in [0, 0.05) is 36.1 Å². The maximum absolute atomic E-state index is 13.9. The van der Waals surface area contributed by atoms with Gasteiger partial charge in [0.2, 0.25) is 5.43 Å². The molecule has 3 aromatic rings. The Balaban J connectivity index is 2.00. The molecule has 3 rings (SSSR count). The Morgan fingerprint density at radius 2 is 1.88 bits per heavy atom. The Kier molecular flexibility index (Phi) is 7.75. The van der Waals surface area contributed by atoms with Crippen LogP contribution in [0.4, 0.5) is 8.78 Å². The maximum atomic E-state index is 13.9. The van der Waals surface area contributed by atoms with Crippen molar-refractivity contribution in [2.75, 3.05) is 0 Å². The lowest BCUT2D eigenvalue weighted by Gasteiger charge is -2.16. The van der Waals surface area contributed by atoms with Crippen LogP contribution in [0, 0.1) is 16.5 Å². The highest BCUT2D eigenvalue weighted by molar-refractivity contribution is 5.99. The fourth-order valence-corrected chi connectivity index (χ4v) is 3.15. The molecule has 0 aliphatic heterocycles. The minimum atomic E-state index is -1.26. The number of carbonyl (C=O) groups excluding carboxylic acids is 2. The fraction of sp³-hybridized carbons (Fsp3) is 0.125. The molecule has 0 aliphatic carbocycles. The summed E-state index contributed by atoms with van der Waals surface area (Å²) in [6.07, 6.45) is 2.44. The van der Waals surface area contributed by atoms with Crippen molar-refractivity contribution in [2.45, 2.75) is 19.7 Å². The molecule has 0 saturated carbocycles. The van der Waals surface area contributed by atoms with Crippen molar-refractivity contribution in [2.24, 2.45) is 5.18 Å². The van der Waals surface area contributed by atoms with Gasteiger partial charge in [-0.1, -0.05) is 42.5 Å². The molecule has 174 valence electrons. The van der Waals surface area contributed by atoms with Crippen LogP contribution in [0.1, 0.15) is 32.0 Å². The van der Waals surface area contributed by atoms with Crippen LogP contribution in [0.3, 0.4) is 0 Å². The Morgan fingerprint density at radius 1 is 1.15 bits per heavy atom. The van der Waals surface area contributed by atoms with Gasteiger partial charge in [0.25, 0.3) is 5.91 Å². The molecule has 1 heterocycles. The topological polar surface area (TPSA) is 107 Å². The van der Waals surface area contributed by atoms with Crippen molar-refractivity contribution >= 4 is 11.8 Å². The normalized spacial score (nSPS) is 10.4. The first-order valence-corrected chi connectivity index (χ1v) is 10.0. The zero-order chi connectivity index (χ0) is 24.7. The van der Waals surface area contributed by atoms with Crippen LogP contribution >= 0.6 is 0 Å². The second kappa shape index (κ2) is 10.9. The summed E-state index contributed by atoms with van der Waals surface area (Å²) in [6.45, 7) is 3.05. The van der Waals surface area contributed by atoms with Crippen molar-refractivity contribution in [1.29, 1.82) is 0 Å². The average Bonchev–Trinajstić information content (AvgIpc) is 2.83. The zero-order valence-electron chi connectivity index (χ0n) is 17.8. The van der Waals surface area contributed by atoms with E-state index in [1.165, 1.54) is 6.08 Å². The minimum absolute atomic E-state index is 0.00123. The van der Waals surface area contributed by atoms with Crippen molar-refractivity contribution in [1.82, 2.24) is 9.88 Å². The van der Waals surface area contributed by atoms with Gasteiger partial charge in [-0.05, 0) is 11.6 Å². The second-order valence-electron chi connectivity index (χ2n) is 7.08.